The van der Waals surface area contributed by atoms with Crippen molar-refractivity contribution >= 4 is 0 Å². The number of halogens is 1. The minimum absolute atomic E-state index is 0.330. The first kappa shape index (κ1) is 11.7. The number of pyridine rings is 1. The third kappa shape index (κ3) is 2.68. The molecule has 0 aliphatic rings. The lowest BCUT2D eigenvalue weighted by atomic mass is 10.0. The molecule has 1 N–H and O–H groups in total. The zero-order valence-corrected chi connectivity index (χ0v) is 9.60. The molecule has 1 unspecified atom stereocenters. The van der Waals surface area contributed by atoms with E-state index in [1.54, 1.807) is 43.6 Å². The molecule has 17 heavy (non-hydrogen) atoms. The average molecular weight is 231 g/mol. The Hall–Kier alpha value is -1.74. The Bertz CT molecular complexity index is 499. The van der Waals surface area contributed by atoms with Gasteiger partial charge >= 0.3 is 0 Å². The maximum Gasteiger partial charge on any atom is 0.131 e. The highest BCUT2D eigenvalue weighted by molar-refractivity contribution is 5.27. The van der Waals surface area contributed by atoms with Gasteiger partial charge in [-0.25, -0.2) is 4.39 Å². The first-order valence-electron chi connectivity index (χ1n) is 5.50. The molecule has 0 radical (unpaired) electrons. The van der Waals surface area contributed by atoms with E-state index in [0.29, 0.717) is 17.5 Å². The second-order valence-corrected chi connectivity index (χ2v) is 4.06. The molecule has 3 heteroatoms. The summed E-state index contributed by atoms with van der Waals surface area (Å²) >= 11 is 0. The van der Waals surface area contributed by atoms with Crippen molar-refractivity contribution in [1.82, 2.24) is 4.98 Å². The van der Waals surface area contributed by atoms with Gasteiger partial charge in [0.2, 0.25) is 0 Å². The van der Waals surface area contributed by atoms with E-state index in [9.17, 15) is 9.50 Å². The number of benzene rings is 1. The summed E-state index contributed by atoms with van der Waals surface area (Å²) in [6.07, 6.45) is 2.88. The van der Waals surface area contributed by atoms with Crippen molar-refractivity contribution < 1.29 is 9.50 Å². The van der Waals surface area contributed by atoms with Crippen LogP contribution in [0.1, 0.15) is 22.8 Å². The monoisotopic (exact) mass is 231 g/mol. The number of nitrogens with zero attached hydrogens (tertiary/aromatic N) is 1. The number of hydrogen-bond acceptors (Lipinski definition) is 2. The minimum atomic E-state index is -0.834. The van der Waals surface area contributed by atoms with Gasteiger partial charge in [-0.15, -0.1) is 0 Å². The number of rotatable bonds is 3. The second kappa shape index (κ2) is 5.06. The van der Waals surface area contributed by atoms with Gasteiger partial charge in [-0.05, 0) is 24.1 Å². The van der Waals surface area contributed by atoms with Crippen molar-refractivity contribution in [3.8, 4) is 0 Å². The molecule has 1 aromatic heterocycles. The molecule has 2 aromatic rings. The Kier molecular flexibility index (Phi) is 3.49. The zero-order chi connectivity index (χ0) is 12.3. The summed E-state index contributed by atoms with van der Waals surface area (Å²) in [5.74, 6) is -0.330. The van der Waals surface area contributed by atoms with Crippen LogP contribution < -0.4 is 0 Å². The van der Waals surface area contributed by atoms with Gasteiger partial charge in [-0.3, -0.25) is 4.98 Å². The largest absolute Gasteiger partial charge is 0.388 e. The molecule has 0 saturated heterocycles. The number of aryl methyl sites for hydroxylation is 1. The summed E-state index contributed by atoms with van der Waals surface area (Å²) in [6, 6.07) is 8.72. The molecular weight excluding hydrogens is 217 g/mol. The van der Waals surface area contributed by atoms with E-state index >= 15 is 0 Å². The lowest BCUT2D eigenvalue weighted by Gasteiger charge is -2.12. The first-order valence-corrected chi connectivity index (χ1v) is 5.50. The fraction of sp³-hybridized carbons (Fsp3) is 0.214. The van der Waals surface area contributed by atoms with Crippen molar-refractivity contribution in [2.24, 2.45) is 0 Å². The Labute approximate surface area is 99.8 Å². The first-order chi connectivity index (χ1) is 8.18. The van der Waals surface area contributed by atoms with Gasteiger partial charge in [0, 0.05) is 24.4 Å². The van der Waals surface area contributed by atoms with Crippen molar-refractivity contribution in [2.75, 3.05) is 0 Å². The molecular formula is C14H14FNO. The van der Waals surface area contributed by atoms with E-state index in [2.05, 4.69) is 4.98 Å². The van der Waals surface area contributed by atoms with Gasteiger partial charge in [0.25, 0.3) is 0 Å². The Balaban J connectivity index is 2.20. The molecule has 2 rings (SSSR count). The van der Waals surface area contributed by atoms with Crippen LogP contribution in [0.2, 0.25) is 0 Å². The normalized spacial score (nSPS) is 12.4. The van der Waals surface area contributed by atoms with Gasteiger partial charge in [-0.2, -0.15) is 0 Å². The maximum atomic E-state index is 13.8. The van der Waals surface area contributed by atoms with Gasteiger partial charge < -0.3 is 5.11 Å². The topological polar surface area (TPSA) is 33.1 Å². The molecule has 0 spiro atoms. The van der Waals surface area contributed by atoms with Crippen LogP contribution in [-0.2, 0) is 6.42 Å². The maximum absolute atomic E-state index is 13.8. The number of aromatic nitrogens is 1. The van der Waals surface area contributed by atoms with Crippen molar-refractivity contribution in [2.45, 2.75) is 19.4 Å². The van der Waals surface area contributed by atoms with Crippen LogP contribution in [0.25, 0.3) is 0 Å². The van der Waals surface area contributed by atoms with Crippen LogP contribution >= 0.6 is 0 Å². The van der Waals surface area contributed by atoms with Crippen LogP contribution in [0.4, 0.5) is 4.39 Å². The smallest absolute Gasteiger partial charge is 0.131 e. The van der Waals surface area contributed by atoms with Crippen LogP contribution in [0, 0.1) is 12.7 Å². The van der Waals surface area contributed by atoms with Crippen LogP contribution in [0.3, 0.4) is 0 Å². The van der Waals surface area contributed by atoms with Gasteiger partial charge in [0.1, 0.15) is 5.82 Å². The van der Waals surface area contributed by atoms with Crippen LogP contribution in [0.5, 0.6) is 0 Å². The minimum Gasteiger partial charge on any atom is -0.388 e. The highest BCUT2D eigenvalue weighted by Gasteiger charge is 2.14. The third-order valence-electron chi connectivity index (χ3n) is 2.73. The molecule has 0 amide bonds. The summed E-state index contributed by atoms with van der Waals surface area (Å²) in [7, 11) is 0. The predicted molar refractivity (Wildman–Crippen MR) is 64.0 cm³/mol. The van der Waals surface area contributed by atoms with Crippen molar-refractivity contribution in [3.05, 3.63) is 65.2 Å². The summed E-state index contributed by atoms with van der Waals surface area (Å²) < 4.78 is 13.8. The number of aliphatic hydroxyl groups excluding tert-OH is 1. The van der Waals surface area contributed by atoms with Crippen molar-refractivity contribution in [1.29, 1.82) is 0 Å². The van der Waals surface area contributed by atoms with Gasteiger partial charge in [-0.1, -0.05) is 24.3 Å². The highest BCUT2D eigenvalue weighted by atomic mass is 19.1. The Morgan fingerprint density at radius 3 is 2.82 bits per heavy atom. The van der Waals surface area contributed by atoms with Crippen LogP contribution in [0.15, 0.2) is 42.7 Å². The molecule has 1 heterocycles. The summed E-state index contributed by atoms with van der Waals surface area (Å²) in [5, 5.41) is 10.0. The summed E-state index contributed by atoms with van der Waals surface area (Å²) in [4.78, 5) is 3.97. The fourth-order valence-electron chi connectivity index (χ4n) is 1.78. The molecule has 0 fully saturated rings. The molecule has 0 aliphatic carbocycles. The van der Waals surface area contributed by atoms with E-state index in [0.717, 1.165) is 5.56 Å². The van der Waals surface area contributed by atoms with Gasteiger partial charge in [0.05, 0.1) is 6.10 Å². The predicted octanol–water partition coefficient (Wildman–Crippen LogP) is 2.81. The van der Waals surface area contributed by atoms with Gasteiger partial charge in [0.15, 0.2) is 0 Å². The quantitative estimate of drug-likeness (QED) is 0.881. The van der Waals surface area contributed by atoms with E-state index < -0.39 is 6.10 Å². The molecule has 1 aromatic carbocycles. The molecule has 0 aliphatic heterocycles. The number of aliphatic hydroxyl groups is 1. The van der Waals surface area contributed by atoms with Crippen LogP contribution in [-0.4, -0.2) is 10.1 Å². The SMILES string of the molecule is Cc1cccc(C(O)Cc2cccnc2)c1F. The number of hydrogen-bond donors (Lipinski definition) is 1. The molecule has 1 atom stereocenters. The lowest BCUT2D eigenvalue weighted by molar-refractivity contribution is 0.173. The standard InChI is InChI=1S/C14H14FNO/c1-10-4-2-6-12(14(10)15)13(17)8-11-5-3-7-16-9-11/h2-7,9,13,17H,8H2,1H3. The van der Waals surface area contributed by atoms with E-state index in [1.807, 2.05) is 6.07 Å². The van der Waals surface area contributed by atoms with E-state index in [-0.39, 0.29) is 5.82 Å². The van der Waals surface area contributed by atoms with E-state index in [1.165, 1.54) is 0 Å². The van der Waals surface area contributed by atoms with Crippen molar-refractivity contribution in [3.63, 3.8) is 0 Å². The summed E-state index contributed by atoms with van der Waals surface area (Å²) in [6.45, 7) is 1.69. The second-order valence-electron chi connectivity index (χ2n) is 4.06. The summed E-state index contributed by atoms with van der Waals surface area (Å²) in [5.41, 5.74) is 1.78. The van der Waals surface area contributed by atoms with E-state index in [4.69, 9.17) is 0 Å². The average Bonchev–Trinajstić information content (AvgIpc) is 2.34. The molecule has 2 nitrogen and oxygen atoms in total. The fourth-order valence-corrected chi connectivity index (χ4v) is 1.78. The lowest BCUT2D eigenvalue weighted by Crippen LogP contribution is -2.05. The zero-order valence-electron chi connectivity index (χ0n) is 9.60. The highest BCUT2D eigenvalue weighted by Crippen LogP contribution is 2.22. The molecule has 0 bridgehead atoms. The third-order valence-corrected chi connectivity index (χ3v) is 2.73. The molecule has 88 valence electrons. The Morgan fingerprint density at radius 2 is 2.12 bits per heavy atom. The molecule has 0 saturated carbocycles. The Morgan fingerprint density at radius 1 is 1.29 bits per heavy atom.